The lowest BCUT2D eigenvalue weighted by Gasteiger charge is -2.09. The van der Waals surface area contributed by atoms with Crippen molar-refractivity contribution < 1.29 is 13.6 Å². The predicted molar refractivity (Wildman–Crippen MR) is 66.5 cm³/mol. The quantitative estimate of drug-likeness (QED) is 0.728. The van der Waals surface area contributed by atoms with Gasteiger partial charge in [0, 0.05) is 17.2 Å². The number of ketones is 1. The molecule has 1 nitrogen and oxygen atoms in total. The van der Waals surface area contributed by atoms with E-state index in [4.69, 9.17) is 0 Å². The summed E-state index contributed by atoms with van der Waals surface area (Å²) in [5.74, 6) is -1.39. The predicted octanol–water partition coefficient (Wildman–Crippen LogP) is 4.14. The van der Waals surface area contributed by atoms with Crippen LogP contribution < -0.4 is 0 Å². The van der Waals surface area contributed by atoms with Crippen LogP contribution in [0, 0.1) is 18.6 Å². The second-order valence-electron chi connectivity index (χ2n) is 4.18. The van der Waals surface area contributed by atoms with Gasteiger partial charge in [-0.2, -0.15) is 0 Å². The van der Waals surface area contributed by atoms with Crippen molar-refractivity contribution in [1.82, 2.24) is 0 Å². The Balaban J connectivity index is 2.69. The third-order valence-electron chi connectivity index (χ3n) is 2.84. The average molecular weight is 246 g/mol. The Morgan fingerprint density at radius 2 is 1.67 bits per heavy atom. The number of carbonyl (C=O) groups is 1. The van der Waals surface area contributed by atoms with Gasteiger partial charge in [-0.05, 0) is 31.0 Å². The number of hydrogen-bond acceptors (Lipinski definition) is 1. The molecule has 0 amide bonds. The van der Waals surface area contributed by atoms with Gasteiger partial charge in [0.05, 0.1) is 0 Å². The van der Waals surface area contributed by atoms with Crippen molar-refractivity contribution in [3.8, 4) is 11.1 Å². The normalized spacial score (nSPS) is 10.4. The Labute approximate surface area is 104 Å². The molecule has 0 aliphatic rings. The van der Waals surface area contributed by atoms with E-state index >= 15 is 0 Å². The van der Waals surface area contributed by atoms with Gasteiger partial charge in [0.15, 0.2) is 5.78 Å². The topological polar surface area (TPSA) is 17.1 Å². The van der Waals surface area contributed by atoms with Crippen LogP contribution in [0.3, 0.4) is 0 Å². The van der Waals surface area contributed by atoms with Crippen LogP contribution >= 0.6 is 0 Å². The minimum atomic E-state index is -0.660. The molecular formula is C15H12F2O. The molecule has 0 bridgehead atoms. The first-order valence-electron chi connectivity index (χ1n) is 5.56. The van der Waals surface area contributed by atoms with Gasteiger partial charge in [-0.15, -0.1) is 0 Å². The van der Waals surface area contributed by atoms with E-state index in [1.165, 1.54) is 13.0 Å². The van der Waals surface area contributed by atoms with Crippen molar-refractivity contribution in [2.24, 2.45) is 0 Å². The van der Waals surface area contributed by atoms with Gasteiger partial charge in [0.2, 0.25) is 0 Å². The maximum atomic E-state index is 13.8. The number of benzene rings is 2. The largest absolute Gasteiger partial charge is 0.294 e. The molecule has 0 N–H and O–H groups in total. The first-order valence-corrected chi connectivity index (χ1v) is 5.56. The summed E-state index contributed by atoms with van der Waals surface area (Å²) in [4.78, 5) is 11.5. The monoisotopic (exact) mass is 246 g/mol. The van der Waals surface area contributed by atoms with Crippen LogP contribution in [0.5, 0.6) is 0 Å². The van der Waals surface area contributed by atoms with Gasteiger partial charge < -0.3 is 0 Å². The van der Waals surface area contributed by atoms with Crippen LogP contribution in [0.1, 0.15) is 22.8 Å². The third kappa shape index (κ3) is 2.16. The van der Waals surface area contributed by atoms with E-state index in [9.17, 15) is 13.6 Å². The van der Waals surface area contributed by atoms with E-state index in [1.807, 2.05) is 0 Å². The molecule has 0 fully saturated rings. The van der Waals surface area contributed by atoms with E-state index in [0.717, 1.165) is 6.07 Å². The number of carbonyl (C=O) groups excluding carboxylic acids is 1. The average Bonchev–Trinajstić information content (AvgIpc) is 2.34. The Morgan fingerprint density at radius 1 is 1.00 bits per heavy atom. The van der Waals surface area contributed by atoms with Gasteiger partial charge in [-0.25, -0.2) is 8.78 Å². The molecule has 0 radical (unpaired) electrons. The zero-order valence-electron chi connectivity index (χ0n) is 10.1. The van der Waals surface area contributed by atoms with Gasteiger partial charge in [-0.3, -0.25) is 4.79 Å². The SMILES string of the molecule is CC(=O)c1ccccc1-c1cc(C)c(F)cc1F. The van der Waals surface area contributed by atoms with Crippen LogP contribution in [0.2, 0.25) is 0 Å². The second-order valence-corrected chi connectivity index (χ2v) is 4.18. The molecule has 0 saturated carbocycles. The molecular weight excluding hydrogens is 234 g/mol. The maximum Gasteiger partial charge on any atom is 0.160 e. The summed E-state index contributed by atoms with van der Waals surface area (Å²) in [5.41, 5.74) is 1.53. The Bertz CT molecular complexity index is 618. The van der Waals surface area contributed by atoms with Crippen LogP contribution in [-0.4, -0.2) is 5.78 Å². The van der Waals surface area contributed by atoms with Crippen molar-refractivity contribution in [2.75, 3.05) is 0 Å². The molecule has 2 aromatic carbocycles. The Kier molecular flexibility index (Phi) is 3.24. The number of hydrogen-bond donors (Lipinski definition) is 0. The van der Waals surface area contributed by atoms with Crippen molar-refractivity contribution in [3.63, 3.8) is 0 Å². The molecule has 0 atom stereocenters. The summed E-state index contributed by atoms with van der Waals surface area (Å²) >= 11 is 0. The van der Waals surface area contributed by atoms with Gasteiger partial charge >= 0.3 is 0 Å². The van der Waals surface area contributed by atoms with E-state index in [0.29, 0.717) is 16.7 Å². The van der Waals surface area contributed by atoms with Crippen molar-refractivity contribution in [2.45, 2.75) is 13.8 Å². The van der Waals surface area contributed by atoms with Crippen LogP contribution in [-0.2, 0) is 0 Å². The van der Waals surface area contributed by atoms with Gasteiger partial charge in [0.25, 0.3) is 0 Å². The standard InChI is InChI=1S/C15H12F2O/c1-9-7-13(15(17)8-14(9)16)12-6-4-3-5-11(12)10(2)18/h3-8H,1-2H3. The fourth-order valence-electron chi connectivity index (χ4n) is 1.89. The van der Waals surface area contributed by atoms with Crippen LogP contribution in [0.25, 0.3) is 11.1 Å². The molecule has 0 aliphatic carbocycles. The van der Waals surface area contributed by atoms with Crippen molar-refractivity contribution in [1.29, 1.82) is 0 Å². The number of halogens is 2. The summed E-state index contributed by atoms with van der Waals surface area (Å²) in [6.45, 7) is 2.99. The zero-order valence-corrected chi connectivity index (χ0v) is 10.1. The fourth-order valence-corrected chi connectivity index (χ4v) is 1.89. The smallest absolute Gasteiger partial charge is 0.160 e. The van der Waals surface area contributed by atoms with E-state index < -0.39 is 11.6 Å². The van der Waals surface area contributed by atoms with Gasteiger partial charge in [0.1, 0.15) is 11.6 Å². The zero-order chi connectivity index (χ0) is 13.3. The molecule has 18 heavy (non-hydrogen) atoms. The summed E-state index contributed by atoms with van der Waals surface area (Å²) in [6, 6.07) is 9.00. The van der Waals surface area contributed by atoms with E-state index in [2.05, 4.69) is 0 Å². The van der Waals surface area contributed by atoms with Crippen molar-refractivity contribution in [3.05, 3.63) is 59.2 Å². The molecule has 92 valence electrons. The maximum absolute atomic E-state index is 13.8. The molecule has 0 spiro atoms. The lowest BCUT2D eigenvalue weighted by Crippen LogP contribution is -1.98. The summed E-state index contributed by atoms with van der Waals surface area (Å²) in [6.07, 6.45) is 0. The highest BCUT2D eigenvalue weighted by molar-refractivity contribution is 6.00. The molecule has 3 heteroatoms. The third-order valence-corrected chi connectivity index (χ3v) is 2.84. The number of aryl methyl sites for hydroxylation is 1. The molecule has 0 unspecified atom stereocenters. The molecule has 0 aromatic heterocycles. The van der Waals surface area contributed by atoms with E-state index in [1.54, 1.807) is 31.2 Å². The highest BCUT2D eigenvalue weighted by atomic mass is 19.1. The highest BCUT2D eigenvalue weighted by Crippen LogP contribution is 2.28. The lowest BCUT2D eigenvalue weighted by molar-refractivity contribution is 0.101. The minimum absolute atomic E-state index is 0.146. The molecule has 0 heterocycles. The van der Waals surface area contributed by atoms with Crippen LogP contribution in [0.15, 0.2) is 36.4 Å². The van der Waals surface area contributed by atoms with Gasteiger partial charge in [-0.1, -0.05) is 24.3 Å². The number of Topliss-reactive ketones (excluding diaryl/α,β-unsaturated/α-hetero) is 1. The second kappa shape index (κ2) is 4.69. The molecule has 2 aromatic rings. The Hall–Kier alpha value is -2.03. The summed E-state index contributed by atoms with van der Waals surface area (Å²) in [5, 5.41) is 0. The summed E-state index contributed by atoms with van der Waals surface area (Å²) < 4.78 is 27.0. The first-order chi connectivity index (χ1) is 8.50. The summed E-state index contributed by atoms with van der Waals surface area (Å²) in [7, 11) is 0. The molecule has 2 rings (SSSR count). The molecule has 0 saturated heterocycles. The fraction of sp³-hybridized carbons (Fsp3) is 0.133. The van der Waals surface area contributed by atoms with Crippen molar-refractivity contribution >= 4 is 5.78 Å². The first kappa shape index (κ1) is 12.4. The highest BCUT2D eigenvalue weighted by Gasteiger charge is 2.14. The number of rotatable bonds is 2. The Morgan fingerprint density at radius 3 is 2.33 bits per heavy atom. The minimum Gasteiger partial charge on any atom is -0.294 e. The van der Waals surface area contributed by atoms with Crippen LogP contribution in [0.4, 0.5) is 8.78 Å². The van der Waals surface area contributed by atoms with E-state index in [-0.39, 0.29) is 11.3 Å². The lowest BCUT2D eigenvalue weighted by atomic mass is 9.96. The molecule has 0 aliphatic heterocycles.